The predicted octanol–water partition coefficient (Wildman–Crippen LogP) is 3.51. The summed E-state index contributed by atoms with van der Waals surface area (Å²) in [6.45, 7) is 4.13. The first-order valence-corrected chi connectivity index (χ1v) is 9.20. The largest absolute Gasteiger partial charge is 0.357 e. The number of carbonyl (C=O) groups is 1. The zero-order chi connectivity index (χ0) is 16.9. The second kappa shape index (κ2) is 7.71. The maximum absolute atomic E-state index is 11.8. The number of hydrogen-bond donors (Lipinski definition) is 1. The summed E-state index contributed by atoms with van der Waals surface area (Å²) in [5, 5.41) is 3.31. The molecule has 1 aromatic carbocycles. The monoisotopic (exact) mass is 341 g/mol. The lowest BCUT2D eigenvalue weighted by atomic mass is 10.1. The molecule has 1 fully saturated rings. The molecule has 0 aliphatic carbocycles. The number of aryl methyl sites for hydroxylation is 1. The first kappa shape index (κ1) is 16.8. The van der Waals surface area contributed by atoms with E-state index in [1.807, 2.05) is 17.8 Å². The van der Waals surface area contributed by atoms with Crippen molar-refractivity contribution in [3.05, 3.63) is 53.7 Å². The van der Waals surface area contributed by atoms with E-state index in [-0.39, 0.29) is 5.91 Å². The first-order chi connectivity index (χ1) is 11.7. The van der Waals surface area contributed by atoms with Gasteiger partial charge in [-0.3, -0.25) is 4.79 Å². The predicted molar refractivity (Wildman–Crippen MR) is 99.9 cm³/mol. The molecule has 1 aliphatic rings. The van der Waals surface area contributed by atoms with Gasteiger partial charge in [0.15, 0.2) is 0 Å². The molecule has 2 aromatic rings. The van der Waals surface area contributed by atoms with Gasteiger partial charge in [-0.2, -0.15) is 0 Å². The highest BCUT2D eigenvalue weighted by Gasteiger charge is 2.22. The van der Waals surface area contributed by atoms with E-state index in [0.29, 0.717) is 10.8 Å². The third kappa shape index (κ3) is 3.90. The number of anilines is 1. The van der Waals surface area contributed by atoms with Gasteiger partial charge in [0.2, 0.25) is 0 Å². The van der Waals surface area contributed by atoms with Gasteiger partial charge in [-0.25, -0.2) is 4.98 Å². The van der Waals surface area contributed by atoms with Crippen molar-refractivity contribution >= 4 is 23.5 Å². The average molecular weight is 341 g/mol. The lowest BCUT2D eigenvalue weighted by Crippen LogP contribution is -2.35. The smallest absolute Gasteiger partial charge is 0.251 e. The minimum absolute atomic E-state index is 0.0661. The molecule has 24 heavy (non-hydrogen) atoms. The van der Waals surface area contributed by atoms with Gasteiger partial charge < -0.3 is 10.2 Å². The van der Waals surface area contributed by atoms with Crippen LogP contribution in [0.3, 0.4) is 0 Å². The Bertz CT molecular complexity index is 711. The Morgan fingerprint density at radius 3 is 2.71 bits per heavy atom. The Hall–Kier alpha value is -2.01. The SMILES string of the molecule is CNC(=O)c1ccnc(N2CCC(Sc3ccccc3C)CC2)c1. The van der Waals surface area contributed by atoms with Crippen molar-refractivity contribution in [2.75, 3.05) is 25.0 Å². The summed E-state index contributed by atoms with van der Waals surface area (Å²) >= 11 is 1.99. The molecular weight excluding hydrogens is 318 g/mol. The molecule has 0 bridgehead atoms. The summed E-state index contributed by atoms with van der Waals surface area (Å²) in [6.07, 6.45) is 3.98. The third-order valence-corrected chi connectivity index (χ3v) is 5.90. The van der Waals surface area contributed by atoms with Gasteiger partial charge in [0.05, 0.1) is 0 Å². The van der Waals surface area contributed by atoms with Crippen LogP contribution in [0.25, 0.3) is 0 Å². The molecule has 0 unspecified atom stereocenters. The normalized spacial score (nSPS) is 15.3. The number of nitrogens with zero attached hydrogens (tertiary/aromatic N) is 2. The van der Waals surface area contributed by atoms with Crippen LogP contribution in [0, 0.1) is 6.92 Å². The van der Waals surface area contributed by atoms with Crippen molar-refractivity contribution < 1.29 is 4.79 Å². The number of pyridine rings is 1. The summed E-state index contributed by atoms with van der Waals surface area (Å²) in [7, 11) is 1.65. The van der Waals surface area contributed by atoms with E-state index in [2.05, 4.69) is 46.4 Å². The van der Waals surface area contributed by atoms with Crippen molar-refractivity contribution in [1.29, 1.82) is 0 Å². The number of nitrogens with one attached hydrogen (secondary N) is 1. The molecule has 4 nitrogen and oxygen atoms in total. The number of rotatable bonds is 4. The van der Waals surface area contributed by atoms with Crippen LogP contribution in [0.15, 0.2) is 47.5 Å². The van der Waals surface area contributed by atoms with E-state index < -0.39 is 0 Å². The maximum atomic E-state index is 11.8. The molecule has 1 N–H and O–H groups in total. The molecule has 0 saturated carbocycles. The molecule has 1 saturated heterocycles. The van der Waals surface area contributed by atoms with Crippen molar-refractivity contribution in [3.8, 4) is 0 Å². The van der Waals surface area contributed by atoms with Gasteiger partial charge in [0.1, 0.15) is 5.82 Å². The topological polar surface area (TPSA) is 45.2 Å². The fourth-order valence-electron chi connectivity index (χ4n) is 2.95. The summed E-state index contributed by atoms with van der Waals surface area (Å²) in [5.74, 6) is 0.832. The highest BCUT2D eigenvalue weighted by Crippen LogP contribution is 2.33. The molecule has 5 heteroatoms. The zero-order valence-electron chi connectivity index (χ0n) is 14.2. The quantitative estimate of drug-likeness (QED) is 0.924. The van der Waals surface area contributed by atoms with Crippen molar-refractivity contribution in [2.24, 2.45) is 0 Å². The van der Waals surface area contributed by atoms with E-state index in [1.54, 1.807) is 19.3 Å². The van der Waals surface area contributed by atoms with Gasteiger partial charge in [0, 0.05) is 42.0 Å². The molecule has 1 aliphatic heterocycles. The highest BCUT2D eigenvalue weighted by molar-refractivity contribution is 8.00. The Kier molecular flexibility index (Phi) is 5.41. The number of thioether (sulfide) groups is 1. The summed E-state index contributed by atoms with van der Waals surface area (Å²) in [5.41, 5.74) is 2.02. The fourth-order valence-corrected chi connectivity index (χ4v) is 4.16. The van der Waals surface area contributed by atoms with E-state index in [4.69, 9.17) is 0 Å². The van der Waals surface area contributed by atoms with Crippen LogP contribution in [0.4, 0.5) is 5.82 Å². The molecule has 0 atom stereocenters. The van der Waals surface area contributed by atoms with Crippen LogP contribution in [0.1, 0.15) is 28.8 Å². The number of benzene rings is 1. The second-order valence-electron chi connectivity index (χ2n) is 6.05. The van der Waals surface area contributed by atoms with Crippen LogP contribution in [-0.2, 0) is 0 Å². The van der Waals surface area contributed by atoms with E-state index >= 15 is 0 Å². The van der Waals surface area contributed by atoms with Gasteiger partial charge in [-0.05, 0) is 43.5 Å². The van der Waals surface area contributed by atoms with Crippen LogP contribution < -0.4 is 10.2 Å². The fraction of sp³-hybridized carbons (Fsp3) is 0.368. The molecule has 0 radical (unpaired) electrons. The number of amides is 1. The molecule has 0 spiro atoms. The number of aromatic nitrogens is 1. The standard InChI is InChI=1S/C19H23N3OS/c1-14-5-3-4-6-17(14)24-16-8-11-22(12-9-16)18-13-15(7-10-21-18)19(23)20-2/h3-7,10,13,16H,8-9,11-12H2,1-2H3,(H,20,23). The van der Waals surface area contributed by atoms with Crippen LogP contribution in [-0.4, -0.2) is 36.3 Å². The van der Waals surface area contributed by atoms with E-state index in [1.165, 1.54) is 10.5 Å². The van der Waals surface area contributed by atoms with Crippen LogP contribution in [0.5, 0.6) is 0 Å². The minimum atomic E-state index is -0.0661. The van der Waals surface area contributed by atoms with Crippen molar-refractivity contribution in [1.82, 2.24) is 10.3 Å². The van der Waals surface area contributed by atoms with Crippen LogP contribution >= 0.6 is 11.8 Å². The molecule has 1 amide bonds. The molecule has 126 valence electrons. The average Bonchev–Trinajstić information content (AvgIpc) is 2.64. The Balaban J connectivity index is 1.61. The number of piperidine rings is 1. The van der Waals surface area contributed by atoms with Gasteiger partial charge in [0.25, 0.3) is 5.91 Å². The van der Waals surface area contributed by atoms with Crippen molar-refractivity contribution in [2.45, 2.75) is 29.9 Å². The summed E-state index contributed by atoms with van der Waals surface area (Å²) in [6, 6.07) is 12.2. The molecule has 3 rings (SSSR count). The van der Waals surface area contributed by atoms with Gasteiger partial charge in [-0.15, -0.1) is 11.8 Å². The molecule has 1 aromatic heterocycles. The molecule has 2 heterocycles. The number of hydrogen-bond acceptors (Lipinski definition) is 4. The van der Waals surface area contributed by atoms with Crippen LogP contribution in [0.2, 0.25) is 0 Å². The van der Waals surface area contributed by atoms with Gasteiger partial charge >= 0.3 is 0 Å². The lowest BCUT2D eigenvalue weighted by molar-refractivity contribution is 0.0963. The third-order valence-electron chi connectivity index (χ3n) is 4.39. The summed E-state index contributed by atoms with van der Waals surface area (Å²) in [4.78, 5) is 19.9. The van der Waals surface area contributed by atoms with Crippen molar-refractivity contribution in [3.63, 3.8) is 0 Å². The lowest BCUT2D eigenvalue weighted by Gasteiger charge is -2.32. The Labute approximate surface area is 147 Å². The first-order valence-electron chi connectivity index (χ1n) is 8.33. The number of carbonyl (C=O) groups excluding carboxylic acids is 1. The zero-order valence-corrected chi connectivity index (χ0v) is 15.0. The second-order valence-corrected chi connectivity index (χ2v) is 7.39. The van der Waals surface area contributed by atoms with E-state index in [9.17, 15) is 4.79 Å². The Morgan fingerprint density at radius 2 is 2.00 bits per heavy atom. The molecular formula is C19H23N3OS. The van der Waals surface area contributed by atoms with E-state index in [0.717, 1.165) is 31.7 Å². The highest BCUT2D eigenvalue weighted by atomic mass is 32.2. The van der Waals surface area contributed by atoms with Gasteiger partial charge in [-0.1, -0.05) is 18.2 Å². The Morgan fingerprint density at radius 1 is 1.25 bits per heavy atom. The minimum Gasteiger partial charge on any atom is -0.357 e. The summed E-state index contributed by atoms with van der Waals surface area (Å²) < 4.78 is 0. The maximum Gasteiger partial charge on any atom is 0.251 e.